The number of carbonyl (C=O) groups excluding carboxylic acids is 1. The average molecular weight is 256 g/mol. The molecule has 4 heteroatoms. The van der Waals surface area contributed by atoms with Crippen molar-refractivity contribution in [3.8, 4) is 0 Å². The first kappa shape index (κ1) is 8.72. The summed E-state index contributed by atoms with van der Waals surface area (Å²) >= 11 is 4.86. The van der Waals surface area contributed by atoms with Crippen molar-refractivity contribution in [2.75, 3.05) is 5.73 Å². The standard InChI is InChI=1S/C9H6BrNOS/c10-7-2-6-8(11)4-13-9(6)1-5(7)3-12/h1-4H,11H2. The molecule has 2 N–H and O–H groups in total. The van der Waals surface area contributed by atoms with E-state index in [0.717, 1.165) is 26.5 Å². The molecule has 2 rings (SSSR count). The largest absolute Gasteiger partial charge is 0.398 e. The number of carbonyl (C=O) groups is 1. The van der Waals surface area contributed by atoms with Gasteiger partial charge in [0, 0.05) is 25.5 Å². The molecule has 0 bridgehead atoms. The highest BCUT2D eigenvalue weighted by Gasteiger charge is 2.05. The number of hydrogen-bond donors (Lipinski definition) is 1. The van der Waals surface area contributed by atoms with E-state index in [4.69, 9.17) is 5.73 Å². The fourth-order valence-corrected chi connectivity index (χ4v) is 2.49. The molecule has 0 aliphatic heterocycles. The molecule has 2 nitrogen and oxygen atoms in total. The molecule has 0 aliphatic rings. The lowest BCUT2D eigenvalue weighted by Gasteiger charge is -1.97. The third-order valence-corrected chi connectivity index (χ3v) is 3.50. The maximum atomic E-state index is 10.6. The van der Waals surface area contributed by atoms with Gasteiger partial charge < -0.3 is 5.73 Å². The maximum absolute atomic E-state index is 10.6. The predicted molar refractivity (Wildman–Crippen MR) is 59.3 cm³/mol. The summed E-state index contributed by atoms with van der Waals surface area (Å²) in [5.41, 5.74) is 7.16. The SMILES string of the molecule is Nc1csc2cc(C=O)c(Br)cc12. The monoisotopic (exact) mass is 255 g/mol. The summed E-state index contributed by atoms with van der Waals surface area (Å²) in [6.07, 6.45) is 0.833. The van der Waals surface area contributed by atoms with Crippen molar-refractivity contribution in [2.24, 2.45) is 0 Å². The quantitative estimate of drug-likeness (QED) is 0.797. The van der Waals surface area contributed by atoms with E-state index in [1.54, 1.807) is 11.3 Å². The van der Waals surface area contributed by atoms with Gasteiger partial charge in [-0.05, 0) is 12.1 Å². The summed E-state index contributed by atoms with van der Waals surface area (Å²) < 4.78 is 1.84. The van der Waals surface area contributed by atoms with Crippen LogP contribution in [0.3, 0.4) is 0 Å². The van der Waals surface area contributed by atoms with E-state index in [1.165, 1.54) is 0 Å². The number of rotatable bonds is 1. The molecule has 0 saturated heterocycles. The number of thiophene rings is 1. The van der Waals surface area contributed by atoms with Gasteiger partial charge in [0.15, 0.2) is 6.29 Å². The van der Waals surface area contributed by atoms with E-state index in [-0.39, 0.29) is 0 Å². The summed E-state index contributed by atoms with van der Waals surface area (Å²) in [6, 6.07) is 3.72. The molecule has 0 unspecified atom stereocenters. The zero-order valence-electron chi connectivity index (χ0n) is 6.58. The van der Waals surface area contributed by atoms with E-state index < -0.39 is 0 Å². The van der Waals surface area contributed by atoms with Crippen LogP contribution in [0.4, 0.5) is 5.69 Å². The molecule has 0 spiro atoms. The van der Waals surface area contributed by atoms with E-state index in [0.29, 0.717) is 5.56 Å². The molecule has 0 saturated carbocycles. The molecular weight excluding hydrogens is 250 g/mol. The minimum atomic E-state index is 0.661. The lowest BCUT2D eigenvalue weighted by Crippen LogP contribution is -1.84. The Morgan fingerprint density at radius 1 is 1.46 bits per heavy atom. The predicted octanol–water partition coefficient (Wildman–Crippen LogP) is 3.06. The van der Waals surface area contributed by atoms with Gasteiger partial charge in [-0.25, -0.2) is 0 Å². The van der Waals surface area contributed by atoms with Gasteiger partial charge in [-0.1, -0.05) is 15.9 Å². The second kappa shape index (κ2) is 3.12. The Labute approximate surface area is 87.5 Å². The number of aldehydes is 1. The van der Waals surface area contributed by atoms with Gasteiger partial charge in [0.05, 0.1) is 5.69 Å². The highest BCUT2D eigenvalue weighted by molar-refractivity contribution is 9.10. The average Bonchev–Trinajstić information content (AvgIpc) is 2.47. The fourth-order valence-electron chi connectivity index (χ4n) is 1.17. The first-order valence-electron chi connectivity index (χ1n) is 3.64. The lowest BCUT2D eigenvalue weighted by atomic mass is 10.2. The van der Waals surface area contributed by atoms with Crippen LogP contribution in [-0.2, 0) is 0 Å². The zero-order chi connectivity index (χ0) is 9.42. The van der Waals surface area contributed by atoms with Gasteiger partial charge in [0.25, 0.3) is 0 Å². The van der Waals surface area contributed by atoms with Crippen LogP contribution in [-0.4, -0.2) is 6.29 Å². The topological polar surface area (TPSA) is 43.1 Å². The Hall–Kier alpha value is -0.870. The summed E-state index contributed by atoms with van der Waals surface area (Å²) in [7, 11) is 0. The van der Waals surface area contributed by atoms with Gasteiger partial charge in [-0.2, -0.15) is 0 Å². The zero-order valence-corrected chi connectivity index (χ0v) is 8.98. The summed E-state index contributed by atoms with van der Waals surface area (Å²) in [5, 5.41) is 2.88. The van der Waals surface area contributed by atoms with E-state index in [1.807, 2.05) is 17.5 Å². The first-order chi connectivity index (χ1) is 6.22. The van der Waals surface area contributed by atoms with Crippen molar-refractivity contribution < 1.29 is 4.79 Å². The van der Waals surface area contributed by atoms with Gasteiger partial charge in [-0.15, -0.1) is 11.3 Å². The van der Waals surface area contributed by atoms with Crippen molar-refractivity contribution in [1.82, 2.24) is 0 Å². The Bertz CT molecular complexity index is 478. The van der Waals surface area contributed by atoms with Crippen LogP contribution in [0.5, 0.6) is 0 Å². The molecule has 13 heavy (non-hydrogen) atoms. The number of anilines is 1. The molecule has 66 valence electrons. The number of nitrogens with two attached hydrogens (primary N) is 1. The number of nitrogen functional groups attached to an aromatic ring is 1. The molecule has 0 radical (unpaired) electrons. The van der Waals surface area contributed by atoms with Crippen molar-refractivity contribution in [1.29, 1.82) is 0 Å². The molecule has 2 aromatic rings. The second-order valence-electron chi connectivity index (χ2n) is 2.68. The minimum absolute atomic E-state index is 0.661. The van der Waals surface area contributed by atoms with E-state index in [9.17, 15) is 4.79 Å². The number of halogens is 1. The molecule has 1 aromatic carbocycles. The molecular formula is C9H6BrNOS. The normalized spacial score (nSPS) is 10.5. The van der Waals surface area contributed by atoms with Crippen LogP contribution in [0, 0.1) is 0 Å². The summed E-state index contributed by atoms with van der Waals surface area (Å²) in [6.45, 7) is 0. The minimum Gasteiger partial charge on any atom is -0.398 e. The van der Waals surface area contributed by atoms with Gasteiger partial charge >= 0.3 is 0 Å². The Morgan fingerprint density at radius 2 is 2.23 bits per heavy atom. The van der Waals surface area contributed by atoms with Crippen LogP contribution in [0.1, 0.15) is 10.4 Å². The van der Waals surface area contributed by atoms with Crippen LogP contribution >= 0.6 is 27.3 Å². The van der Waals surface area contributed by atoms with Crippen LogP contribution < -0.4 is 5.73 Å². The number of fused-ring (bicyclic) bond motifs is 1. The molecule has 0 fully saturated rings. The summed E-state index contributed by atoms with van der Waals surface area (Å²) in [5.74, 6) is 0. The van der Waals surface area contributed by atoms with Crippen LogP contribution in [0.2, 0.25) is 0 Å². The Morgan fingerprint density at radius 3 is 2.92 bits per heavy atom. The number of benzene rings is 1. The lowest BCUT2D eigenvalue weighted by molar-refractivity contribution is 0.112. The van der Waals surface area contributed by atoms with Crippen LogP contribution in [0.25, 0.3) is 10.1 Å². The summed E-state index contributed by atoms with van der Waals surface area (Å²) in [4.78, 5) is 10.6. The Balaban J connectivity index is 2.83. The highest BCUT2D eigenvalue weighted by Crippen LogP contribution is 2.32. The van der Waals surface area contributed by atoms with Gasteiger partial charge in [0.1, 0.15) is 0 Å². The molecule has 1 aromatic heterocycles. The van der Waals surface area contributed by atoms with Crippen molar-refractivity contribution in [3.05, 3.63) is 27.5 Å². The van der Waals surface area contributed by atoms with Gasteiger partial charge in [0.2, 0.25) is 0 Å². The molecule has 0 atom stereocenters. The van der Waals surface area contributed by atoms with E-state index >= 15 is 0 Å². The van der Waals surface area contributed by atoms with E-state index in [2.05, 4.69) is 15.9 Å². The van der Waals surface area contributed by atoms with Crippen LogP contribution in [0.15, 0.2) is 22.0 Å². The smallest absolute Gasteiger partial charge is 0.151 e. The third kappa shape index (κ3) is 1.36. The van der Waals surface area contributed by atoms with Gasteiger partial charge in [-0.3, -0.25) is 4.79 Å². The highest BCUT2D eigenvalue weighted by atomic mass is 79.9. The van der Waals surface area contributed by atoms with Crippen molar-refractivity contribution in [3.63, 3.8) is 0 Å². The molecule has 0 amide bonds. The maximum Gasteiger partial charge on any atom is 0.151 e. The van der Waals surface area contributed by atoms with Crippen molar-refractivity contribution >= 4 is 49.3 Å². The Kier molecular flexibility index (Phi) is 2.09. The second-order valence-corrected chi connectivity index (χ2v) is 4.44. The number of hydrogen-bond acceptors (Lipinski definition) is 3. The fraction of sp³-hybridized carbons (Fsp3) is 0. The molecule has 0 aliphatic carbocycles. The molecule has 1 heterocycles. The van der Waals surface area contributed by atoms with Crippen molar-refractivity contribution in [2.45, 2.75) is 0 Å². The first-order valence-corrected chi connectivity index (χ1v) is 5.31. The third-order valence-electron chi connectivity index (χ3n) is 1.85.